The van der Waals surface area contributed by atoms with Gasteiger partial charge < -0.3 is 9.84 Å². The largest absolute Gasteiger partial charge is 0.487 e. The number of aryl methyl sites for hydroxylation is 3. The minimum Gasteiger partial charge on any atom is -0.487 e. The quantitative estimate of drug-likeness (QED) is 0.314. The highest BCUT2D eigenvalue weighted by atomic mass is 79.9. The standard InChI is InChI=1S/C27H26BrClN4O3/c1-15-8-6-7-9-18(15)14-36-22-10-17(3)33(25(34)23(22)28)21-11-20(30-13-19(21)29)24-16(2)12-31-26(32-24)27(4,5)35/h6-13,35H,14H2,1-5H3. The normalized spacial score (nSPS) is 11.6. The highest BCUT2D eigenvalue weighted by Gasteiger charge is 2.22. The van der Waals surface area contributed by atoms with Gasteiger partial charge in [0.2, 0.25) is 0 Å². The second-order valence-corrected chi connectivity index (χ2v) is 10.3. The van der Waals surface area contributed by atoms with Gasteiger partial charge in [0.25, 0.3) is 5.56 Å². The number of nitrogens with zero attached hydrogens (tertiary/aromatic N) is 4. The minimum atomic E-state index is -1.22. The summed E-state index contributed by atoms with van der Waals surface area (Å²) in [6, 6.07) is 11.4. The lowest BCUT2D eigenvalue weighted by Gasteiger charge is -2.18. The number of pyridine rings is 2. The number of hydrogen-bond acceptors (Lipinski definition) is 6. The molecule has 0 saturated carbocycles. The highest BCUT2D eigenvalue weighted by molar-refractivity contribution is 9.10. The topological polar surface area (TPSA) is 90.1 Å². The molecule has 0 bridgehead atoms. The van der Waals surface area contributed by atoms with Gasteiger partial charge in [-0.3, -0.25) is 14.3 Å². The van der Waals surface area contributed by atoms with Crippen molar-refractivity contribution in [1.29, 1.82) is 0 Å². The van der Waals surface area contributed by atoms with Crippen LogP contribution in [0, 0.1) is 20.8 Å². The van der Waals surface area contributed by atoms with E-state index in [2.05, 4.69) is 30.9 Å². The van der Waals surface area contributed by atoms with Gasteiger partial charge in [0.05, 0.1) is 22.1 Å². The maximum absolute atomic E-state index is 13.4. The molecule has 0 aliphatic rings. The van der Waals surface area contributed by atoms with Gasteiger partial charge in [0, 0.05) is 24.2 Å². The Hall–Kier alpha value is -3.07. The maximum atomic E-state index is 13.4. The predicted molar refractivity (Wildman–Crippen MR) is 144 cm³/mol. The summed E-state index contributed by atoms with van der Waals surface area (Å²) < 4.78 is 7.79. The van der Waals surface area contributed by atoms with E-state index in [-0.39, 0.29) is 11.4 Å². The van der Waals surface area contributed by atoms with Crippen LogP contribution in [0.5, 0.6) is 5.75 Å². The number of aromatic nitrogens is 4. The highest BCUT2D eigenvalue weighted by Crippen LogP contribution is 2.30. The molecule has 0 fully saturated rings. The number of rotatable bonds is 6. The van der Waals surface area contributed by atoms with E-state index in [0.717, 1.165) is 16.7 Å². The van der Waals surface area contributed by atoms with Crippen molar-refractivity contribution < 1.29 is 9.84 Å². The molecule has 1 aromatic carbocycles. The Bertz CT molecular complexity index is 1510. The van der Waals surface area contributed by atoms with Gasteiger partial charge >= 0.3 is 0 Å². The van der Waals surface area contributed by atoms with Crippen LogP contribution in [0.3, 0.4) is 0 Å². The van der Waals surface area contributed by atoms with Crippen LogP contribution in [0.25, 0.3) is 17.1 Å². The molecule has 1 N–H and O–H groups in total. The number of ether oxygens (including phenoxy) is 1. The van der Waals surface area contributed by atoms with Crippen LogP contribution in [-0.4, -0.2) is 24.6 Å². The molecule has 36 heavy (non-hydrogen) atoms. The second kappa shape index (κ2) is 10.1. The molecule has 0 aliphatic carbocycles. The van der Waals surface area contributed by atoms with E-state index in [0.29, 0.717) is 44.6 Å². The number of hydrogen-bond donors (Lipinski definition) is 1. The number of aliphatic hydroxyl groups is 1. The summed E-state index contributed by atoms with van der Waals surface area (Å²) >= 11 is 9.94. The van der Waals surface area contributed by atoms with Crippen LogP contribution in [0.15, 0.2) is 58.1 Å². The second-order valence-electron chi connectivity index (χ2n) is 9.12. The number of benzene rings is 1. The van der Waals surface area contributed by atoms with Crippen molar-refractivity contribution in [3.63, 3.8) is 0 Å². The zero-order valence-electron chi connectivity index (χ0n) is 20.6. The van der Waals surface area contributed by atoms with E-state index >= 15 is 0 Å². The van der Waals surface area contributed by atoms with E-state index in [9.17, 15) is 9.90 Å². The average molecular weight is 570 g/mol. The maximum Gasteiger partial charge on any atom is 0.273 e. The van der Waals surface area contributed by atoms with Gasteiger partial charge in [0.1, 0.15) is 22.4 Å². The Morgan fingerprint density at radius 1 is 1.08 bits per heavy atom. The molecule has 3 aromatic heterocycles. The number of halogens is 2. The Balaban J connectivity index is 1.76. The third-order valence-electron chi connectivity index (χ3n) is 5.78. The smallest absolute Gasteiger partial charge is 0.273 e. The molecule has 0 atom stereocenters. The van der Waals surface area contributed by atoms with Crippen LogP contribution < -0.4 is 10.3 Å². The minimum absolute atomic E-state index is 0.271. The van der Waals surface area contributed by atoms with Crippen molar-refractivity contribution in [2.24, 2.45) is 0 Å². The zero-order chi connectivity index (χ0) is 26.2. The van der Waals surface area contributed by atoms with Crippen LogP contribution in [0.1, 0.15) is 42.1 Å². The molecule has 3 heterocycles. The Labute approximate surface area is 222 Å². The van der Waals surface area contributed by atoms with Crippen LogP contribution >= 0.6 is 27.5 Å². The molecular formula is C27H26BrClN4O3. The van der Waals surface area contributed by atoms with E-state index in [4.69, 9.17) is 16.3 Å². The lowest BCUT2D eigenvalue weighted by Crippen LogP contribution is -2.23. The van der Waals surface area contributed by atoms with Crippen molar-refractivity contribution >= 4 is 27.5 Å². The first-order valence-electron chi connectivity index (χ1n) is 11.3. The van der Waals surface area contributed by atoms with Crippen LogP contribution in [-0.2, 0) is 12.2 Å². The third-order valence-corrected chi connectivity index (χ3v) is 6.80. The van der Waals surface area contributed by atoms with Crippen molar-refractivity contribution in [3.05, 3.63) is 96.8 Å². The first-order chi connectivity index (χ1) is 17.0. The van der Waals surface area contributed by atoms with E-state index < -0.39 is 5.60 Å². The molecule has 0 saturated heterocycles. The summed E-state index contributed by atoms with van der Waals surface area (Å²) in [6.45, 7) is 9.26. The summed E-state index contributed by atoms with van der Waals surface area (Å²) in [6.07, 6.45) is 3.13. The van der Waals surface area contributed by atoms with E-state index in [1.165, 1.54) is 10.8 Å². The summed E-state index contributed by atoms with van der Waals surface area (Å²) in [7, 11) is 0. The molecule has 4 rings (SSSR count). The van der Waals surface area contributed by atoms with Crippen molar-refractivity contribution in [1.82, 2.24) is 19.5 Å². The van der Waals surface area contributed by atoms with Crippen LogP contribution in [0.4, 0.5) is 0 Å². The summed E-state index contributed by atoms with van der Waals surface area (Å²) in [5.41, 5.74) is 3.53. The van der Waals surface area contributed by atoms with Gasteiger partial charge in [-0.05, 0) is 73.3 Å². The van der Waals surface area contributed by atoms with E-state index in [1.54, 1.807) is 32.2 Å². The van der Waals surface area contributed by atoms with Crippen molar-refractivity contribution in [3.8, 4) is 22.8 Å². The van der Waals surface area contributed by atoms with Gasteiger partial charge in [-0.25, -0.2) is 9.97 Å². The van der Waals surface area contributed by atoms with Crippen LogP contribution in [0.2, 0.25) is 5.02 Å². The van der Waals surface area contributed by atoms with E-state index in [1.807, 2.05) is 45.0 Å². The monoisotopic (exact) mass is 568 g/mol. The fourth-order valence-corrected chi connectivity index (χ4v) is 4.33. The first-order valence-corrected chi connectivity index (χ1v) is 12.5. The summed E-state index contributed by atoms with van der Waals surface area (Å²) in [4.78, 5) is 26.6. The van der Waals surface area contributed by atoms with Gasteiger partial charge in [-0.15, -0.1) is 0 Å². The Kier molecular flexibility index (Phi) is 7.31. The third kappa shape index (κ3) is 5.21. The van der Waals surface area contributed by atoms with Crippen molar-refractivity contribution in [2.45, 2.75) is 46.8 Å². The zero-order valence-corrected chi connectivity index (χ0v) is 23.0. The molecule has 7 nitrogen and oxygen atoms in total. The fourth-order valence-electron chi connectivity index (χ4n) is 3.74. The van der Waals surface area contributed by atoms with Crippen molar-refractivity contribution in [2.75, 3.05) is 0 Å². The fraction of sp³-hybridized carbons (Fsp3) is 0.259. The predicted octanol–water partition coefficient (Wildman–Crippen LogP) is 5.84. The molecule has 0 spiro atoms. The first kappa shape index (κ1) is 26.0. The lowest BCUT2D eigenvalue weighted by atomic mass is 10.1. The molecule has 0 aliphatic heterocycles. The molecule has 0 amide bonds. The molecule has 0 unspecified atom stereocenters. The molecule has 4 aromatic rings. The average Bonchev–Trinajstić information content (AvgIpc) is 2.82. The SMILES string of the molecule is Cc1ccccc1COc1cc(C)n(-c2cc(-c3nc(C(C)(C)O)ncc3C)ncc2Cl)c(=O)c1Br. The van der Waals surface area contributed by atoms with Gasteiger partial charge in [-0.2, -0.15) is 0 Å². The Morgan fingerprint density at radius 2 is 1.81 bits per heavy atom. The molecule has 9 heteroatoms. The van der Waals surface area contributed by atoms with Gasteiger partial charge in [0.15, 0.2) is 5.82 Å². The van der Waals surface area contributed by atoms with Gasteiger partial charge in [-0.1, -0.05) is 35.9 Å². The molecule has 186 valence electrons. The molecule has 0 radical (unpaired) electrons. The Morgan fingerprint density at radius 3 is 2.50 bits per heavy atom. The molecular weight excluding hydrogens is 544 g/mol. The summed E-state index contributed by atoms with van der Waals surface area (Å²) in [5, 5.41) is 10.7. The summed E-state index contributed by atoms with van der Waals surface area (Å²) in [5.74, 6) is 0.719. The lowest BCUT2D eigenvalue weighted by molar-refractivity contribution is 0.0688.